The highest BCUT2D eigenvalue weighted by Crippen LogP contribution is 2.36. The molecular formula is C13H16S. The summed E-state index contributed by atoms with van der Waals surface area (Å²) in [6.45, 7) is 4.50. The van der Waals surface area contributed by atoms with Gasteiger partial charge in [-0.15, -0.1) is 11.8 Å². The molecule has 1 heteroatoms. The Morgan fingerprint density at radius 1 is 1.14 bits per heavy atom. The zero-order chi connectivity index (χ0) is 9.97. The van der Waals surface area contributed by atoms with Crippen LogP contribution < -0.4 is 0 Å². The van der Waals surface area contributed by atoms with Gasteiger partial charge in [-0.05, 0) is 22.5 Å². The number of thioether (sulfide) groups is 1. The average molecular weight is 204 g/mol. The Hall–Kier alpha value is -0.690. The average Bonchev–Trinajstić information content (AvgIpc) is 2.69. The van der Waals surface area contributed by atoms with Gasteiger partial charge in [0, 0.05) is 11.7 Å². The van der Waals surface area contributed by atoms with E-state index in [2.05, 4.69) is 44.2 Å². The van der Waals surface area contributed by atoms with Gasteiger partial charge in [0.15, 0.2) is 0 Å². The smallest absolute Gasteiger partial charge is 0.00373 e. The fourth-order valence-corrected chi connectivity index (χ4v) is 2.78. The van der Waals surface area contributed by atoms with Gasteiger partial charge in [-0.25, -0.2) is 0 Å². The largest absolute Gasteiger partial charge is 0.127 e. The predicted octanol–water partition coefficient (Wildman–Crippen LogP) is 4.23. The second-order valence-corrected chi connectivity index (χ2v) is 5.70. The van der Waals surface area contributed by atoms with E-state index in [1.165, 1.54) is 16.1 Å². The van der Waals surface area contributed by atoms with E-state index in [0.717, 1.165) is 12.8 Å². The molecule has 0 aromatic carbocycles. The molecule has 0 atom stereocenters. The first-order chi connectivity index (χ1) is 6.75. The van der Waals surface area contributed by atoms with Crippen molar-refractivity contribution in [1.29, 1.82) is 0 Å². The summed E-state index contributed by atoms with van der Waals surface area (Å²) in [5.74, 6) is 0. The highest BCUT2D eigenvalue weighted by molar-refractivity contribution is 8.03. The van der Waals surface area contributed by atoms with E-state index in [1.807, 2.05) is 11.8 Å². The van der Waals surface area contributed by atoms with Gasteiger partial charge in [0.2, 0.25) is 0 Å². The lowest BCUT2D eigenvalue weighted by Gasteiger charge is -2.08. The zero-order valence-corrected chi connectivity index (χ0v) is 9.60. The maximum atomic E-state index is 2.28. The summed E-state index contributed by atoms with van der Waals surface area (Å²) in [5, 5.41) is 0.699. The lowest BCUT2D eigenvalue weighted by molar-refractivity contribution is 1.11. The summed E-state index contributed by atoms with van der Waals surface area (Å²) < 4.78 is 0. The van der Waals surface area contributed by atoms with Crippen LogP contribution in [-0.2, 0) is 0 Å². The van der Waals surface area contributed by atoms with Crippen LogP contribution in [0.3, 0.4) is 0 Å². The Labute approximate surface area is 90.5 Å². The quantitative estimate of drug-likeness (QED) is 0.663. The lowest BCUT2D eigenvalue weighted by atomic mass is 10.1. The number of rotatable bonds is 3. The summed E-state index contributed by atoms with van der Waals surface area (Å²) in [6, 6.07) is 0. The minimum atomic E-state index is 0.699. The van der Waals surface area contributed by atoms with Crippen LogP contribution in [0.25, 0.3) is 0 Å². The summed E-state index contributed by atoms with van der Waals surface area (Å²) in [4.78, 5) is 1.52. The molecule has 0 saturated heterocycles. The first kappa shape index (κ1) is 9.85. The Bertz CT molecular complexity index is 340. The molecule has 14 heavy (non-hydrogen) atoms. The van der Waals surface area contributed by atoms with E-state index in [1.54, 1.807) is 0 Å². The molecule has 0 heterocycles. The second kappa shape index (κ2) is 4.22. The highest BCUT2D eigenvalue weighted by Gasteiger charge is 2.13. The van der Waals surface area contributed by atoms with Crippen molar-refractivity contribution in [1.82, 2.24) is 0 Å². The molecule has 74 valence electrons. The Morgan fingerprint density at radius 2 is 2.00 bits per heavy atom. The van der Waals surface area contributed by atoms with Crippen molar-refractivity contribution in [2.45, 2.75) is 31.9 Å². The van der Waals surface area contributed by atoms with Gasteiger partial charge in [0.25, 0.3) is 0 Å². The fourth-order valence-electron chi connectivity index (χ4n) is 1.79. The van der Waals surface area contributed by atoms with Crippen molar-refractivity contribution in [2.75, 3.05) is 0 Å². The molecule has 0 saturated carbocycles. The normalized spacial score (nSPS) is 20.1. The summed E-state index contributed by atoms with van der Waals surface area (Å²) >= 11 is 1.99. The molecule has 0 unspecified atom stereocenters. The van der Waals surface area contributed by atoms with Crippen molar-refractivity contribution in [3.05, 3.63) is 46.4 Å². The molecule has 0 spiro atoms. The predicted molar refractivity (Wildman–Crippen MR) is 65.4 cm³/mol. The van der Waals surface area contributed by atoms with E-state index in [4.69, 9.17) is 0 Å². The number of hydrogen-bond donors (Lipinski definition) is 0. The summed E-state index contributed by atoms with van der Waals surface area (Å²) in [5.41, 5.74) is 3.01. The molecule has 0 bridgehead atoms. The van der Waals surface area contributed by atoms with Crippen LogP contribution in [0.15, 0.2) is 46.4 Å². The third-order valence-electron chi connectivity index (χ3n) is 2.41. The SMILES string of the molecule is CC(C)SC1=CC=C(C2=CC=CC2)C1. The molecule has 2 aliphatic rings. The number of hydrogen-bond acceptors (Lipinski definition) is 1. The van der Waals surface area contributed by atoms with Crippen LogP contribution in [0.5, 0.6) is 0 Å². The first-order valence-electron chi connectivity index (χ1n) is 5.18. The minimum Gasteiger partial charge on any atom is -0.127 e. The van der Waals surface area contributed by atoms with E-state index < -0.39 is 0 Å². The fraction of sp³-hybridized carbons (Fsp3) is 0.385. The molecule has 0 N–H and O–H groups in total. The van der Waals surface area contributed by atoms with Crippen molar-refractivity contribution in [3.8, 4) is 0 Å². The van der Waals surface area contributed by atoms with Crippen molar-refractivity contribution in [3.63, 3.8) is 0 Å². The van der Waals surface area contributed by atoms with Crippen LogP contribution >= 0.6 is 11.8 Å². The van der Waals surface area contributed by atoms with E-state index in [0.29, 0.717) is 5.25 Å². The van der Waals surface area contributed by atoms with Gasteiger partial charge >= 0.3 is 0 Å². The van der Waals surface area contributed by atoms with Gasteiger partial charge < -0.3 is 0 Å². The highest BCUT2D eigenvalue weighted by atomic mass is 32.2. The van der Waals surface area contributed by atoms with Crippen molar-refractivity contribution >= 4 is 11.8 Å². The molecule has 2 aliphatic carbocycles. The topological polar surface area (TPSA) is 0 Å². The Balaban J connectivity index is 1.91. The van der Waals surface area contributed by atoms with Gasteiger partial charge in [0.05, 0.1) is 0 Å². The minimum absolute atomic E-state index is 0.699. The van der Waals surface area contributed by atoms with Gasteiger partial charge in [-0.3, -0.25) is 0 Å². The van der Waals surface area contributed by atoms with Crippen LogP contribution in [0.4, 0.5) is 0 Å². The van der Waals surface area contributed by atoms with Gasteiger partial charge in [-0.2, -0.15) is 0 Å². The lowest BCUT2D eigenvalue weighted by Crippen LogP contribution is -1.89. The monoisotopic (exact) mass is 204 g/mol. The molecule has 0 aromatic heterocycles. The Kier molecular flexibility index (Phi) is 2.97. The summed E-state index contributed by atoms with van der Waals surface area (Å²) in [7, 11) is 0. The maximum absolute atomic E-state index is 2.28. The molecule has 0 amide bonds. The van der Waals surface area contributed by atoms with Crippen LogP contribution in [0.2, 0.25) is 0 Å². The molecule has 0 nitrogen and oxygen atoms in total. The first-order valence-corrected chi connectivity index (χ1v) is 6.06. The standard InChI is InChI=1S/C13H16S/c1-10(2)14-13-8-7-12(9-13)11-5-3-4-6-11/h3-5,7-8,10H,6,9H2,1-2H3. The summed E-state index contributed by atoms with van der Waals surface area (Å²) in [6.07, 6.45) is 13.5. The van der Waals surface area contributed by atoms with Crippen LogP contribution in [-0.4, -0.2) is 5.25 Å². The van der Waals surface area contributed by atoms with E-state index in [9.17, 15) is 0 Å². The van der Waals surface area contributed by atoms with Crippen molar-refractivity contribution in [2.24, 2.45) is 0 Å². The van der Waals surface area contributed by atoms with E-state index >= 15 is 0 Å². The molecular weight excluding hydrogens is 188 g/mol. The van der Waals surface area contributed by atoms with Crippen LogP contribution in [0, 0.1) is 0 Å². The third kappa shape index (κ3) is 2.21. The van der Waals surface area contributed by atoms with Gasteiger partial charge in [-0.1, -0.05) is 44.2 Å². The molecule has 0 fully saturated rings. The van der Waals surface area contributed by atoms with Crippen molar-refractivity contribution < 1.29 is 0 Å². The van der Waals surface area contributed by atoms with Crippen LogP contribution in [0.1, 0.15) is 26.7 Å². The third-order valence-corrected chi connectivity index (χ3v) is 3.46. The second-order valence-electron chi connectivity index (χ2n) is 3.99. The zero-order valence-electron chi connectivity index (χ0n) is 8.79. The Morgan fingerprint density at radius 3 is 2.64 bits per heavy atom. The van der Waals surface area contributed by atoms with Gasteiger partial charge in [0.1, 0.15) is 0 Å². The molecule has 0 aliphatic heterocycles. The van der Waals surface area contributed by atoms with E-state index in [-0.39, 0.29) is 0 Å². The molecule has 0 aromatic rings. The maximum Gasteiger partial charge on any atom is 0.00373 e. The molecule has 2 rings (SSSR count). The molecule has 0 radical (unpaired) electrons. The number of allylic oxidation sites excluding steroid dienone is 8.